The zero-order valence-electron chi connectivity index (χ0n) is 16.1. The number of nitrogens with two attached hydrogens (primary N) is 1. The molecule has 0 unspecified atom stereocenters. The van der Waals surface area contributed by atoms with Crippen LogP contribution in [-0.2, 0) is 13.1 Å². The molecule has 0 radical (unpaired) electrons. The molecule has 0 aliphatic heterocycles. The summed E-state index contributed by atoms with van der Waals surface area (Å²) < 4.78 is 0. The molecule has 4 nitrogen and oxygen atoms in total. The number of benzene rings is 3. The van der Waals surface area contributed by atoms with Crippen LogP contribution in [-0.4, -0.2) is 24.9 Å². The molecule has 3 rings (SSSR count). The maximum atomic E-state index is 13.3. The van der Waals surface area contributed by atoms with Gasteiger partial charge in [-0.25, -0.2) is 0 Å². The van der Waals surface area contributed by atoms with Crippen LogP contribution >= 0.6 is 11.6 Å². The van der Waals surface area contributed by atoms with Gasteiger partial charge in [-0.2, -0.15) is 0 Å². The number of halogens is 1. The van der Waals surface area contributed by atoms with Gasteiger partial charge in [-0.1, -0.05) is 54.1 Å². The van der Waals surface area contributed by atoms with Gasteiger partial charge in [-0.15, -0.1) is 0 Å². The lowest BCUT2D eigenvalue weighted by molar-refractivity contribution is 0.0730. The smallest absolute Gasteiger partial charge is 0.255 e. The molecule has 0 aliphatic carbocycles. The van der Waals surface area contributed by atoms with Gasteiger partial charge in [0.05, 0.1) is 10.6 Å². The molecule has 5 heteroatoms. The predicted octanol–water partition coefficient (Wildman–Crippen LogP) is 4.83. The largest absolute Gasteiger partial charge is 0.399 e. The number of rotatable bonds is 6. The van der Waals surface area contributed by atoms with Crippen LogP contribution < -0.4 is 10.6 Å². The van der Waals surface area contributed by atoms with Crippen molar-refractivity contribution < 1.29 is 4.79 Å². The standard InChI is InChI=1S/C23H24ClN3O/c1-26(2)22-13-12-19(25)14-18(22)16-27(15-17-8-4-3-5-9-17)23(28)20-10-6-7-11-21(20)24/h3-14H,15-16,25H2,1-2H3. The SMILES string of the molecule is CN(C)c1ccc(N)cc1CN(Cc1ccccc1)C(=O)c1ccccc1Cl. The summed E-state index contributed by atoms with van der Waals surface area (Å²) in [4.78, 5) is 17.2. The highest BCUT2D eigenvalue weighted by Gasteiger charge is 2.20. The Morgan fingerprint density at radius 2 is 1.61 bits per heavy atom. The van der Waals surface area contributed by atoms with Gasteiger partial charge in [0.15, 0.2) is 0 Å². The van der Waals surface area contributed by atoms with Crippen molar-refractivity contribution in [3.8, 4) is 0 Å². The zero-order chi connectivity index (χ0) is 20.1. The average molecular weight is 394 g/mol. The highest BCUT2D eigenvalue weighted by atomic mass is 35.5. The molecule has 144 valence electrons. The number of carbonyl (C=O) groups is 1. The fourth-order valence-electron chi connectivity index (χ4n) is 3.18. The Morgan fingerprint density at radius 1 is 0.929 bits per heavy atom. The molecule has 0 spiro atoms. The number of amides is 1. The Kier molecular flexibility index (Phi) is 6.22. The van der Waals surface area contributed by atoms with E-state index in [1.165, 1.54) is 0 Å². The van der Waals surface area contributed by atoms with Gasteiger partial charge in [0, 0.05) is 38.6 Å². The molecule has 0 fully saturated rings. The Morgan fingerprint density at radius 3 is 2.29 bits per heavy atom. The minimum Gasteiger partial charge on any atom is -0.399 e. The zero-order valence-corrected chi connectivity index (χ0v) is 16.9. The molecule has 0 atom stereocenters. The van der Waals surface area contributed by atoms with E-state index in [0.717, 1.165) is 16.8 Å². The first-order valence-corrected chi connectivity index (χ1v) is 9.47. The molecule has 3 aromatic carbocycles. The lowest BCUT2D eigenvalue weighted by Gasteiger charge is -2.26. The molecule has 1 amide bonds. The maximum Gasteiger partial charge on any atom is 0.255 e. The highest BCUT2D eigenvalue weighted by Crippen LogP contribution is 2.26. The number of nitrogens with zero attached hydrogens (tertiary/aromatic N) is 2. The van der Waals surface area contributed by atoms with Crippen molar-refractivity contribution in [1.82, 2.24) is 4.90 Å². The Balaban J connectivity index is 1.98. The van der Waals surface area contributed by atoms with Crippen molar-refractivity contribution >= 4 is 28.9 Å². The predicted molar refractivity (Wildman–Crippen MR) is 117 cm³/mol. The Bertz CT molecular complexity index is 957. The minimum absolute atomic E-state index is 0.110. The lowest BCUT2D eigenvalue weighted by atomic mass is 10.1. The molecule has 0 aliphatic rings. The van der Waals surface area contributed by atoms with E-state index in [-0.39, 0.29) is 5.91 Å². The summed E-state index contributed by atoms with van der Waals surface area (Å²) in [5, 5.41) is 0.450. The first-order valence-electron chi connectivity index (χ1n) is 9.09. The number of nitrogen functional groups attached to an aromatic ring is 1. The molecule has 2 N–H and O–H groups in total. The molecule has 0 heterocycles. The van der Waals surface area contributed by atoms with Gasteiger partial charge in [-0.3, -0.25) is 4.79 Å². The third-order valence-electron chi connectivity index (χ3n) is 4.55. The van der Waals surface area contributed by atoms with E-state index < -0.39 is 0 Å². The second kappa shape index (κ2) is 8.81. The van der Waals surface area contributed by atoms with Gasteiger partial charge < -0.3 is 15.5 Å². The molecule has 0 aromatic heterocycles. The quantitative estimate of drug-likeness (QED) is 0.610. The van der Waals surface area contributed by atoms with E-state index in [1.54, 1.807) is 17.0 Å². The van der Waals surface area contributed by atoms with Crippen LogP contribution in [0.15, 0.2) is 72.8 Å². The summed E-state index contributed by atoms with van der Waals surface area (Å²) in [6.45, 7) is 0.907. The van der Waals surface area contributed by atoms with Crippen LogP contribution in [0.3, 0.4) is 0 Å². The second-order valence-corrected chi connectivity index (χ2v) is 7.32. The van der Waals surface area contributed by atoms with E-state index >= 15 is 0 Å². The number of anilines is 2. The fourth-order valence-corrected chi connectivity index (χ4v) is 3.40. The summed E-state index contributed by atoms with van der Waals surface area (Å²) >= 11 is 6.30. The summed E-state index contributed by atoms with van der Waals surface area (Å²) in [5.41, 5.74) is 10.3. The molecular formula is C23H24ClN3O. The fraction of sp³-hybridized carbons (Fsp3) is 0.174. The third kappa shape index (κ3) is 4.65. The topological polar surface area (TPSA) is 49.6 Å². The Hall–Kier alpha value is -2.98. The summed E-state index contributed by atoms with van der Waals surface area (Å²) in [5.74, 6) is -0.110. The van der Waals surface area contributed by atoms with E-state index in [0.29, 0.717) is 29.4 Å². The normalized spacial score (nSPS) is 10.5. The van der Waals surface area contributed by atoms with Crippen LogP contribution in [0.2, 0.25) is 5.02 Å². The third-order valence-corrected chi connectivity index (χ3v) is 4.88. The van der Waals surface area contributed by atoms with Gasteiger partial charge in [0.2, 0.25) is 0 Å². The van der Waals surface area contributed by atoms with Crippen molar-refractivity contribution in [2.75, 3.05) is 24.7 Å². The van der Waals surface area contributed by atoms with Crippen LogP contribution in [0.5, 0.6) is 0 Å². The van der Waals surface area contributed by atoms with E-state index in [2.05, 4.69) is 0 Å². The Labute approximate surface area is 171 Å². The van der Waals surface area contributed by atoms with E-state index in [9.17, 15) is 4.79 Å². The van der Waals surface area contributed by atoms with Crippen molar-refractivity contribution in [3.63, 3.8) is 0 Å². The molecule has 0 saturated heterocycles. The highest BCUT2D eigenvalue weighted by molar-refractivity contribution is 6.33. The van der Waals surface area contributed by atoms with Gasteiger partial charge in [0.25, 0.3) is 5.91 Å². The van der Waals surface area contributed by atoms with Gasteiger partial charge in [0.1, 0.15) is 0 Å². The monoisotopic (exact) mass is 393 g/mol. The van der Waals surface area contributed by atoms with Gasteiger partial charge >= 0.3 is 0 Å². The van der Waals surface area contributed by atoms with Crippen LogP contribution in [0, 0.1) is 0 Å². The molecule has 0 bridgehead atoms. The summed E-state index contributed by atoms with van der Waals surface area (Å²) in [6.07, 6.45) is 0. The first-order chi connectivity index (χ1) is 13.5. The van der Waals surface area contributed by atoms with Gasteiger partial charge in [-0.05, 0) is 41.5 Å². The van der Waals surface area contributed by atoms with Crippen molar-refractivity contribution in [2.45, 2.75) is 13.1 Å². The van der Waals surface area contributed by atoms with Crippen molar-refractivity contribution in [2.24, 2.45) is 0 Å². The number of hydrogen-bond acceptors (Lipinski definition) is 3. The molecule has 28 heavy (non-hydrogen) atoms. The molecule has 3 aromatic rings. The number of hydrogen-bond donors (Lipinski definition) is 1. The molecular weight excluding hydrogens is 370 g/mol. The van der Waals surface area contributed by atoms with E-state index in [1.807, 2.05) is 79.7 Å². The van der Waals surface area contributed by atoms with Crippen LogP contribution in [0.4, 0.5) is 11.4 Å². The van der Waals surface area contributed by atoms with E-state index in [4.69, 9.17) is 17.3 Å². The van der Waals surface area contributed by atoms with Crippen molar-refractivity contribution in [1.29, 1.82) is 0 Å². The maximum absolute atomic E-state index is 13.3. The summed E-state index contributed by atoms with van der Waals surface area (Å²) in [6, 6.07) is 22.8. The average Bonchev–Trinajstić information content (AvgIpc) is 2.68. The van der Waals surface area contributed by atoms with Crippen LogP contribution in [0.1, 0.15) is 21.5 Å². The first kappa shape index (κ1) is 19.8. The minimum atomic E-state index is -0.110. The lowest BCUT2D eigenvalue weighted by Crippen LogP contribution is -2.31. The summed E-state index contributed by atoms with van der Waals surface area (Å²) in [7, 11) is 3.96. The number of carbonyl (C=O) groups excluding carboxylic acids is 1. The molecule has 0 saturated carbocycles. The second-order valence-electron chi connectivity index (χ2n) is 6.91. The van der Waals surface area contributed by atoms with Crippen molar-refractivity contribution in [3.05, 3.63) is 94.5 Å². The van der Waals surface area contributed by atoms with Crippen LogP contribution in [0.25, 0.3) is 0 Å².